The molecule has 0 aliphatic carbocycles. The number of amides is 1. The highest BCUT2D eigenvalue weighted by molar-refractivity contribution is 5.93. The molecular weight excluding hydrogens is 347 g/mol. The van der Waals surface area contributed by atoms with Gasteiger partial charge in [0, 0.05) is 26.6 Å². The van der Waals surface area contributed by atoms with Gasteiger partial charge in [0.25, 0.3) is 0 Å². The quantitative estimate of drug-likeness (QED) is 0.697. The van der Waals surface area contributed by atoms with Crippen molar-refractivity contribution < 1.29 is 13.9 Å². The maximum Gasteiger partial charge on any atom is 0.410 e. The zero-order chi connectivity index (χ0) is 19.8. The summed E-state index contributed by atoms with van der Waals surface area (Å²) < 4.78 is 19.9. The largest absolute Gasteiger partial charge is 0.444 e. The number of benzene rings is 1. The summed E-state index contributed by atoms with van der Waals surface area (Å²) >= 11 is 0. The monoisotopic (exact) mass is 372 g/mol. The number of likely N-dealkylation sites (N-methyl/N-ethyl adjacent to an activating group) is 1. The Bertz CT molecular complexity index is 809. The molecule has 144 valence electrons. The van der Waals surface area contributed by atoms with E-state index in [0.717, 1.165) is 17.1 Å². The maximum absolute atomic E-state index is 14.6. The van der Waals surface area contributed by atoms with Gasteiger partial charge >= 0.3 is 6.09 Å². The van der Waals surface area contributed by atoms with Gasteiger partial charge in [-0.1, -0.05) is 12.1 Å². The fraction of sp³-hybridized carbons (Fsp3) is 0.550. The Morgan fingerprint density at radius 1 is 1.44 bits per heavy atom. The Morgan fingerprint density at radius 3 is 2.85 bits per heavy atom. The Labute approximate surface area is 159 Å². The van der Waals surface area contributed by atoms with E-state index in [1.165, 1.54) is 4.90 Å². The first-order valence-electron chi connectivity index (χ1n) is 9.11. The van der Waals surface area contributed by atoms with E-state index in [2.05, 4.69) is 9.84 Å². The van der Waals surface area contributed by atoms with E-state index in [-0.39, 0.29) is 0 Å². The first-order chi connectivity index (χ1) is 12.7. The van der Waals surface area contributed by atoms with Crippen LogP contribution in [0.25, 0.3) is 4.85 Å². The molecule has 2 aliphatic heterocycles. The average molecular weight is 372 g/mol. The molecule has 0 aromatic heterocycles. The topological polar surface area (TPSA) is 49.5 Å². The molecule has 1 fully saturated rings. The van der Waals surface area contributed by atoms with E-state index in [1.54, 1.807) is 33.9 Å². The first-order valence-corrected chi connectivity index (χ1v) is 9.11. The fourth-order valence-corrected chi connectivity index (χ4v) is 3.40. The van der Waals surface area contributed by atoms with Crippen LogP contribution in [0.1, 0.15) is 32.8 Å². The van der Waals surface area contributed by atoms with Gasteiger partial charge in [-0.2, -0.15) is 0 Å². The predicted octanol–water partition coefficient (Wildman–Crippen LogP) is 4.10. The number of hydrogen-bond donors (Lipinski definition) is 0. The molecule has 0 unspecified atom stereocenters. The lowest BCUT2D eigenvalue weighted by atomic mass is 10.0. The number of carbonyl (C=O) groups excluding carboxylic acids is 1. The van der Waals surface area contributed by atoms with Crippen molar-refractivity contribution >= 4 is 23.3 Å². The van der Waals surface area contributed by atoms with Crippen LogP contribution in [-0.2, 0) is 11.2 Å². The van der Waals surface area contributed by atoms with Crippen LogP contribution in [0.15, 0.2) is 23.2 Å². The van der Waals surface area contributed by atoms with Gasteiger partial charge in [-0.25, -0.2) is 19.0 Å². The number of ether oxygens (including phenoxy) is 1. The Morgan fingerprint density at radius 2 is 2.19 bits per heavy atom. The predicted molar refractivity (Wildman–Crippen MR) is 102 cm³/mol. The summed E-state index contributed by atoms with van der Waals surface area (Å²) in [6.45, 7) is 13.4. The van der Waals surface area contributed by atoms with E-state index in [9.17, 15) is 9.18 Å². The highest BCUT2D eigenvalue weighted by atomic mass is 19.1. The molecule has 0 radical (unpaired) electrons. The summed E-state index contributed by atoms with van der Waals surface area (Å²) in [6.07, 6.45) is -0.661. The average Bonchev–Trinajstić information content (AvgIpc) is 3.03. The van der Waals surface area contributed by atoms with Crippen LogP contribution in [-0.4, -0.2) is 59.7 Å². The minimum absolute atomic E-state index is 0.334. The lowest BCUT2D eigenvalue weighted by molar-refractivity contribution is 0.00319. The molecule has 0 spiro atoms. The van der Waals surface area contributed by atoms with Crippen LogP contribution in [0, 0.1) is 6.57 Å². The third-order valence-electron chi connectivity index (χ3n) is 4.83. The van der Waals surface area contributed by atoms with Crippen molar-refractivity contribution in [2.24, 2.45) is 4.99 Å². The van der Waals surface area contributed by atoms with Crippen LogP contribution in [0.5, 0.6) is 0 Å². The second kappa shape index (κ2) is 7.18. The number of rotatable bonds is 1. The molecule has 27 heavy (non-hydrogen) atoms. The second-order valence-corrected chi connectivity index (χ2v) is 8.04. The van der Waals surface area contributed by atoms with Crippen LogP contribution in [0.2, 0.25) is 0 Å². The van der Waals surface area contributed by atoms with Crippen molar-refractivity contribution in [1.29, 1.82) is 0 Å². The number of piperidine rings is 1. The van der Waals surface area contributed by atoms with Gasteiger partial charge in [-0.3, -0.25) is 0 Å². The minimum atomic E-state index is -1.10. The third-order valence-corrected chi connectivity index (χ3v) is 4.83. The van der Waals surface area contributed by atoms with E-state index < -0.39 is 23.9 Å². The summed E-state index contributed by atoms with van der Waals surface area (Å²) in [6, 6.07) is 4.87. The van der Waals surface area contributed by atoms with E-state index in [1.807, 2.05) is 17.0 Å². The standard InChI is InChI=1S/C20H25FN4O2/c1-20(2,3)27-19(26)24(5)17-12-25(9-8-15(17)21)18-11-13-10-14(22-4)6-7-16(13)23-18/h6-7,10,15,17H,8-9,11-12H2,1-3,5H3/t15-,17-/m1/s1. The van der Waals surface area contributed by atoms with Gasteiger partial charge < -0.3 is 14.5 Å². The summed E-state index contributed by atoms with van der Waals surface area (Å²) in [5.74, 6) is 0.863. The summed E-state index contributed by atoms with van der Waals surface area (Å²) in [5.41, 5.74) is 1.84. The molecule has 3 rings (SSSR count). The fourth-order valence-electron chi connectivity index (χ4n) is 3.40. The number of hydrogen-bond acceptors (Lipinski definition) is 4. The van der Waals surface area contributed by atoms with Crippen LogP contribution < -0.4 is 0 Å². The van der Waals surface area contributed by atoms with Crippen molar-refractivity contribution in [3.05, 3.63) is 35.2 Å². The SMILES string of the molecule is [C-]#[N+]c1ccc2c(c1)CC(N1CC[C@@H](F)[C@H](N(C)C(=O)OC(C)(C)C)C1)=N2. The number of halogens is 1. The normalized spacial score (nSPS) is 21.9. The number of aliphatic imine (C=N–C) groups is 1. The van der Waals surface area contributed by atoms with Gasteiger partial charge in [0.1, 0.15) is 17.6 Å². The summed E-state index contributed by atoms with van der Waals surface area (Å²) in [7, 11) is 1.59. The van der Waals surface area contributed by atoms with Gasteiger partial charge in [0.15, 0.2) is 5.69 Å². The van der Waals surface area contributed by atoms with Gasteiger partial charge in [-0.15, -0.1) is 0 Å². The third kappa shape index (κ3) is 4.21. The molecule has 2 heterocycles. The van der Waals surface area contributed by atoms with Crippen molar-refractivity contribution in [1.82, 2.24) is 9.80 Å². The minimum Gasteiger partial charge on any atom is -0.444 e. The highest BCUT2D eigenvalue weighted by Crippen LogP contribution is 2.32. The van der Waals surface area contributed by atoms with E-state index in [4.69, 9.17) is 11.3 Å². The van der Waals surface area contributed by atoms with E-state index in [0.29, 0.717) is 31.6 Å². The smallest absolute Gasteiger partial charge is 0.410 e. The molecule has 0 bridgehead atoms. The lowest BCUT2D eigenvalue weighted by Gasteiger charge is -2.40. The molecule has 1 saturated heterocycles. The number of amidine groups is 1. The molecule has 0 saturated carbocycles. The van der Waals surface area contributed by atoms with Crippen molar-refractivity contribution in [3.8, 4) is 0 Å². The van der Waals surface area contributed by atoms with Crippen LogP contribution in [0.4, 0.5) is 20.6 Å². The molecule has 1 aromatic carbocycles. The van der Waals surface area contributed by atoms with Gasteiger partial charge in [0.05, 0.1) is 18.3 Å². The van der Waals surface area contributed by atoms with Crippen LogP contribution in [0.3, 0.4) is 0 Å². The maximum atomic E-state index is 14.6. The van der Waals surface area contributed by atoms with Gasteiger partial charge in [0.2, 0.25) is 0 Å². The number of nitrogens with zero attached hydrogens (tertiary/aromatic N) is 4. The van der Waals surface area contributed by atoms with Crippen molar-refractivity contribution in [3.63, 3.8) is 0 Å². The molecular formula is C20H25FN4O2. The van der Waals surface area contributed by atoms with Crippen molar-refractivity contribution in [2.75, 3.05) is 20.1 Å². The Hall–Kier alpha value is -2.62. The number of alkyl halides is 1. The Kier molecular flexibility index (Phi) is 5.09. The van der Waals surface area contributed by atoms with E-state index >= 15 is 0 Å². The number of carbonyl (C=O) groups is 1. The zero-order valence-electron chi connectivity index (χ0n) is 16.2. The molecule has 1 amide bonds. The molecule has 2 aliphatic rings. The molecule has 7 heteroatoms. The number of fused-ring (bicyclic) bond motifs is 1. The first kappa shape index (κ1) is 19.2. The lowest BCUT2D eigenvalue weighted by Crippen LogP contribution is -2.56. The Balaban J connectivity index is 1.71. The zero-order valence-corrected chi connectivity index (χ0v) is 16.2. The number of likely N-dealkylation sites (tertiary alicyclic amines) is 1. The molecule has 0 N–H and O–H groups in total. The van der Waals surface area contributed by atoms with Gasteiger partial charge in [-0.05, 0) is 38.8 Å². The summed E-state index contributed by atoms with van der Waals surface area (Å²) in [4.78, 5) is 23.9. The van der Waals surface area contributed by atoms with Crippen LogP contribution >= 0.6 is 0 Å². The molecule has 6 nitrogen and oxygen atoms in total. The second-order valence-electron chi connectivity index (χ2n) is 8.04. The summed E-state index contributed by atoms with van der Waals surface area (Å²) in [5, 5.41) is 0. The molecule has 2 atom stereocenters. The molecule has 1 aromatic rings. The highest BCUT2D eigenvalue weighted by Gasteiger charge is 2.37. The van der Waals surface area contributed by atoms with Crippen molar-refractivity contribution in [2.45, 2.75) is 51.4 Å².